The SMILES string of the molecule is O=C(NCc1ccc(O)cc1)OCC1=C(C(=O)[O-])N2C(=O)[C@@H]3[C@H]2C1CCN3C(=O)C(F)(F)F.[Na+]. The number of hydrogen-bond donors (Lipinski definition) is 2. The third kappa shape index (κ3) is 4.46. The number of carbonyl (C=O) groups excluding carboxylic acids is 4. The molecule has 3 aliphatic rings. The Morgan fingerprint density at radius 3 is 2.44 bits per heavy atom. The summed E-state index contributed by atoms with van der Waals surface area (Å²) in [5.41, 5.74) is 0.160. The summed E-state index contributed by atoms with van der Waals surface area (Å²) < 4.78 is 43.8. The van der Waals surface area contributed by atoms with Gasteiger partial charge in [-0.3, -0.25) is 9.59 Å². The van der Waals surface area contributed by atoms with Crippen molar-refractivity contribution < 1.29 is 76.9 Å². The molecule has 2 N–H and O–H groups in total. The average molecular weight is 491 g/mol. The van der Waals surface area contributed by atoms with E-state index in [1.165, 1.54) is 12.1 Å². The summed E-state index contributed by atoms with van der Waals surface area (Å²) in [6.07, 6.45) is -6.11. The number of aromatic hydroxyl groups is 1. The molecule has 0 radical (unpaired) electrons. The molecule has 2 saturated heterocycles. The third-order valence-electron chi connectivity index (χ3n) is 5.96. The number of ether oxygens (including phenoxy) is 1. The minimum Gasteiger partial charge on any atom is -0.543 e. The van der Waals surface area contributed by atoms with Crippen molar-refractivity contribution in [3.8, 4) is 5.75 Å². The number of phenolic OH excluding ortho intramolecular Hbond substituents is 1. The van der Waals surface area contributed by atoms with Gasteiger partial charge in [0.05, 0.1) is 17.7 Å². The van der Waals surface area contributed by atoms with Gasteiger partial charge in [0.2, 0.25) is 0 Å². The van der Waals surface area contributed by atoms with Crippen molar-refractivity contribution in [1.29, 1.82) is 0 Å². The van der Waals surface area contributed by atoms with E-state index in [0.29, 0.717) is 10.5 Å². The number of hydrogen-bond acceptors (Lipinski definition) is 7. The molecule has 1 aromatic rings. The van der Waals surface area contributed by atoms with E-state index in [0.717, 1.165) is 4.90 Å². The summed E-state index contributed by atoms with van der Waals surface area (Å²) in [7, 11) is 0. The fraction of sp³-hybridized carbons (Fsp3) is 0.400. The molecule has 2 fully saturated rings. The molecule has 3 heterocycles. The topological polar surface area (TPSA) is 139 Å². The first-order chi connectivity index (χ1) is 15.5. The first-order valence-corrected chi connectivity index (χ1v) is 9.84. The van der Waals surface area contributed by atoms with Gasteiger partial charge in [0, 0.05) is 19.0 Å². The zero-order chi connectivity index (χ0) is 24.1. The molecule has 34 heavy (non-hydrogen) atoms. The number of amides is 3. The summed E-state index contributed by atoms with van der Waals surface area (Å²) in [4.78, 5) is 49.2. The van der Waals surface area contributed by atoms with E-state index >= 15 is 0 Å². The summed E-state index contributed by atoms with van der Waals surface area (Å²) >= 11 is 0. The molecule has 14 heteroatoms. The number of halogens is 3. The van der Waals surface area contributed by atoms with Crippen LogP contribution in [-0.4, -0.2) is 70.2 Å². The smallest absolute Gasteiger partial charge is 0.543 e. The number of aliphatic carboxylic acids is 1. The molecule has 3 aliphatic heterocycles. The first kappa shape index (κ1) is 25.8. The summed E-state index contributed by atoms with van der Waals surface area (Å²) in [5.74, 6) is -5.49. The van der Waals surface area contributed by atoms with E-state index in [-0.39, 0.29) is 53.8 Å². The number of nitrogens with one attached hydrogen (secondary N) is 1. The number of benzene rings is 1. The number of rotatable bonds is 5. The van der Waals surface area contributed by atoms with Crippen LogP contribution in [0.2, 0.25) is 0 Å². The van der Waals surface area contributed by atoms with Crippen molar-refractivity contribution in [3.05, 3.63) is 41.1 Å². The molecule has 0 aromatic heterocycles. The van der Waals surface area contributed by atoms with E-state index in [4.69, 9.17) is 4.74 Å². The van der Waals surface area contributed by atoms with Crippen LogP contribution in [0.5, 0.6) is 5.75 Å². The third-order valence-corrected chi connectivity index (χ3v) is 5.96. The molecule has 1 aromatic carbocycles. The maximum absolute atomic E-state index is 12.9. The van der Waals surface area contributed by atoms with E-state index in [2.05, 4.69) is 5.32 Å². The van der Waals surface area contributed by atoms with Crippen LogP contribution >= 0.6 is 0 Å². The number of carbonyl (C=O) groups is 4. The molecule has 1 unspecified atom stereocenters. The second kappa shape index (κ2) is 9.47. The number of β-lactam (4-membered cyclic amide) rings is 1. The summed E-state index contributed by atoms with van der Waals surface area (Å²) in [5, 5.41) is 23.4. The van der Waals surface area contributed by atoms with E-state index in [9.17, 15) is 42.6 Å². The molecule has 3 atom stereocenters. The number of phenols is 1. The molecule has 0 spiro atoms. The standard InChI is InChI=1S/C20H18F3N3O7.Na/c21-20(22,23)18(31)25-6-5-11-12(14(17(29)30)26-13(11)15(25)16(26)28)8-33-19(32)24-7-9-1-3-10(27)4-2-9;/h1-4,11,13,15,27H,5-8H2,(H,24,32)(H,29,30);/q;+1/p-1/t11?,13-,15+;/m1./s1. The van der Waals surface area contributed by atoms with Crippen LogP contribution in [0.25, 0.3) is 0 Å². The van der Waals surface area contributed by atoms with Crippen molar-refractivity contribution >= 4 is 23.9 Å². The zero-order valence-electron chi connectivity index (χ0n) is 17.8. The van der Waals surface area contributed by atoms with Crippen LogP contribution in [0, 0.1) is 5.92 Å². The van der Waals surface area contributed by atoms with Crippen molar-refractivity contribution in [2.24, 2.45) is 5.92 Å². The van der Waals surface area contributed by atoms with Gasteiger partial charge >= 0.3 is 47.7 Å². The predicted octanol–water partition coefficient (Wildman–Crippen LogP) is -3.37. The number of carboxylic acids is 1. The Morgan fingerprint density at radius 1 is 1.21 bits per heavy atom. The molecule has 3 amide bonds. The van der Waals surface area contributed by atoms with Crippen LogP contribution in [0.1, 0.15) is 12.0 Å². The molecular weight excluding hydrogens is 474 g/mol. The van der Waals surface area contributed by atoms with Crippen LogP contribution in [-0.2, 0) is 25.7 Å². The second-order valence-electron chi connectivity index (χ2n) is 7.79. The monoisotopic (exact) mass is 491 g/mol. The largest absolute Gasteiger partial charge is 1.00 e. The quantitative estimate of drug-likeness (QED) is 0.324. The van der Waals surface area contributed by atoms with Crippen LogP contribution in [0.3, 0.4) is 0 Å². The van der Waals surface area contributed by atoms with Gasteiger partial charge in [-0.1, -0.05) is 12.1 Å². The summed E-state index contributed by atoms with van der Waals surface area (Å²) in [6, 6.07) is 3.56. The van der Waals surface area contributed by atoms with Gasteiger partial charge in [-0.05, 0) is 29.7 Å². The van der Waals surface area contributed by atoms with Crippen molar-refractivity contribution in [2.45, 2.75) is 31.2 Å². The fourth-order valence-electron chi connectivity index (χ4n) is 4.55. The molecule has 10 nitrogen and oxygen atoms in total. The normalized spacial score (nSPS) is 23.0. The Kier molecular flexibility index (Phi) is 7.20. The Morgan fingerprint density at radius 2 is 1.85 bits per heavy atom. The number of piperidine rings is 1. The van der Waals surface area contributed by atoms with Crippen LogP contribution in [0.15, 0.2) is 35.5 Å². The molecular formula is C20H17F3N3NaO7. The van der Waals surface area contributed by atoms with Gasteiger partial charge in [0.15, 0.2) is 0 Å². The maximum atomic E-state index is 12.9. The molecule has 0 bridgehead atoms. The average Bonchev–Trinajstić information content (AvgIpc) is 3.08. The van der Waals surface area contributed by atoms with Gasteiger partial charge in [-0.15, -0.1) is 0 Å². The van der Waals surface area contributed by atoms with Crippen molar-refractivity contribution in [2.75, 3.05) is 13.2 Å². The van der Waals surface area contributed by atoms with Gasteiger partial charge in [0.1, 0.15) is 18.4 Å². The van der Waals surface area contributed by atoms with E-state index in [1.54, 1.807) is 12.1 Å². The van der Waals surface area contributed by atoms with E-state index < -0.39 is 66.9 Å². The molecule has 0 saturated carbocycles. The minimum absolute atomic E-state index is 0. The van der Waals surface area contributed by atoms with Gasteiger partial charge in [-0.2, -0.15) is 13.2 Å². The molecule has 4 rings (SSSR count). The number of likely N-dealkylation sites (tertiary alicyclic amines) is 1. The Balaban J connectivity index is 0.00000324. The maximum Gasteiger partial charge on any atom is 1.00 e. The number of nitrogens with zero attached hydrogens (tertiary/aromatic N) is 2. The Labute approximate surface area is 212 Å². The van der Waals surface area contributed by atoms with Crippen LogP contribution in [0.4, 0.5) is 18.0 Å². The first-order valence-electron chi connectivity index (χ1n) is 9.84. The summed E-state index contributed by atoms with van der Waals surface area (Å²) in [6.45, 7) is -0.866. The molecule has 0 aliphatic carbocycles. The van der Waals surface area contributed by atoms with E-state index in [1.807, 2.05) is 0 Å². The second-order valence-corrected chi connectivity index (χ2v) is 7.79. The van der Waals surface area contributed by atoms with Crippen molar-refractivity contribution in [1.82, 2.24) is 15.1 Å². The fourth-order valence-corrected chi connectivity index (χ4v) is 4.55. The number of alkyl halides is 3. The van der Waals surface area contributed by atoms with Crippen molar-refractivity contribution in [3.63, 3.8) is 0 Å². The van der Waals surface area contributed by atoms with Gasteiger partial charge < -0.3 is 34.9 Å². The number of carboxylic acid groups (broad SMARTS) is 1. The predicted molar refractivity (Wildman–Crippen MR) is 98.6 cm³/mol. The molecule has 176 valence electrons. The number of alkyl carbamates (subject to hydrolysis) is 1. The minimum atomic E-state index is -5.17. The zero-order valence-corrected chi connectivity index (χ0v) is 19.8. The van der Waals surface area contributed by atoms with Crippen LogP contribution < -0.4 is 40.0 Å². The van der Waals surface area contributed by atoms with Gasteiger partial charge in [0.25, 0.3) is 5.91 Å². The van der Waals surface area contributed by atoms with Gasteiger partial charge in [-0.25, -0.2) is 4.79 Å². The Hall–Kier alpha value is -2.77. The Bertz CT molecular complexity index is 1060.